The number of hydrogen-bond acceptors (Lipinski definition) is 12. The molecule has 2 aromatic heterocycles. The third-order valence-electron chi connectivity index (χ3n) is 8.63. The smallest absolute Gasteiger partial charge is 0.416 e. The fourth-order valence-corrected chi connectivity index (χ4v) is 6.49. The lowest BCUT2D eigenvalue weighted by Crippen LogP contribution is -2.42. The van der Waals surface area contributed by atoms with Crippen LogP contribution in [0.2, 0.25) is 0 Å². The van der Waals surface area contributed by atoms with E-state index in [0.29, 0.717) is 21.8 Å². The SMILES string of the molecule is CNCC(=O)OCc1ccc([N+](=O)[O-])cc1N(C)C(=O)OC(C)[n+]1cnn(CC(O)(c2cc(F)ccc2F)C(C)c2nc(-c3ccc(C#N)cc3)cs2)c1. The van der Waals surface area contributed by atoms with E-state index in [9.17, 15) is 29.2 Å². The van der Waals surface area contributed by atoms with Crippen LogP contribution in [0.3, 0.4) is 0 Å². The van der Waals surface area contributed by atoms with Gasteiger partial charge in [-0.15, -0.1) is 16.0 Å². The minimum Gasteiger partial charge on any atom is -0.460 e. The van der Waals surface area contributed by atoms with E-state index in [1.807, 2.05) is 0 Å². The molecule has 0 spiro atoms. The molecule has 54 heavy (non-hydrogen) atoms. The van der Waals surface area contributed by atoms with Crippen molar-refractivity contribution in [1.82, 2.24) is 20.1 Å². The molecule has 2 N–H and O–H groups in total. The Morgan fingerprint density at radius 3 is 2.61 bits per heavy atom. The Hall–Kier alpha value is -6.16. The van der Waals surface area contributed by atoms with Gasteiger partial charge in [-0.25, -0.2) is 18.6 Å². The van der Waals surface area contributed by atoms with E-state index in [1.165, 1.54) is 59.3 Å². The van der Waals surface area contributed by atoms with Crippen LogP contribution in [0.5, 0.6) is 0 Å². The van der Waals surface area contributed by atoms with Gasteiger partial charge >= 0.3 is 12.1 Å². The summed E-state index contributed by atoms with van der Waals surface area (Å²) in [7, 11) is 2.90. The van der Waals surface area contributed by atoms with Crippen LogP contribution < -0.4 is 14.8 Å². The van der Waals surface area contributed by atoms with Gasteiger partial charge in [-0.05, 0) is 43.4 Å². The number of aromatic nitrogens is 4. The van der Waals surface area contributed by atoms with E-state index >= 15 is 4.39 Å². The van der Waals surface area contributed by atoms with Crippen molar-refractivity contribution >= 4 is 34.8 Å². The first kappa shape index (κ1) is 39.1. The van der Waals surface area contributed by atoms with E-state index in [2.05, 4.69) is 21.5 Å². The molecule has 0 aliphatic heterocycles. The summed E-state index contributed by atoms with van der Waals surface area (Å²) in [5, 5.41) is 42.0. The molecule has 0 saturated carbocycles. The molecule has 1 amide bonds. The van der Waals surface area contributed by atoms with Crippen LogP contribution in [0.25, 0.3) is 11.3 Å². The fourth-order valence-electron chi connectivity index (χ4n) is 5.52. The van der Waals surface area contributed by atoms with Gasteiger partial charge in [0.05, 0.1) is 39.5 Å². The molecule has 280 valence electrons. The first-order valence-corrected chi connectivity index (χ1v) is 17.2. The summed E-state index contributed by atoms with van der Waals surface area (Å²) in [5.74, 6) is -3.08. The lowest BCUT2D eigenvalue weighted by atomic mass is 9.82. The number of anilines is 1. The van der Waals surface area contributed by atoms with Gasteiger partial charge in [0.1, 0.15) is 30.4 Å². The van der Waals surface area contributed by atoms with Crippen molar-refractivity contribution in [2.24, 2.45) is 0 Å². The van der Waals surface area contributed by atoms with E-state index in [1.54, 1.807) is 43.6 Å². The summed E-state index contributed by atoms with van der Waals surface area (Å²) in [6.07, 6.45) is 0.767. The number of nitrogens with zero attached hydrogens (tertiary/aromatic N) is 7. The topological polar surface area (TPSA) is 190 Å². The highest BCUT2D eigenvalue weighted by molar-refractivity contribution is 7.10. The van der Waals surface area contributed by atoms with Gasteiger partial charge in [0.15, 0.2) is 0 Å². The monoisotopic (exact) mass is 761 g/mol. The molecule has 0 aliphatic carbocycles. The number of esters is 1. The van der Waals surface area contributed by atoms with Crippen LogP contribution in [0, 0.1) is 33.1 Å². The standard InChI is InChI=1S/C36H35F2N8O7S/c1-22(34-42-31(18-54-34)25-7-5-24(15-39)6-8-25)36(49,29-13-27(37)10-12-30(29)38)19-45-21-44(20-41-45)23(2)53-35(48)43(4)32-14-28(46(50)51)11-9-26(32)17-52-33(47)16-40-3/h5-14,18,20-23,40,49H,16-17,19H2,1-4H3/q+1. The van der Waals surface area contributed by atoms with E-state index in [4.69, 9.17) is 14.7 Å². The number of thiazole rings is 1. The number of carbonyl (C=O) groups excluding carboxylic acids is 2. The minimum absolute atomic E-state index is 0.0676. The van der Waals surface area contributed by atoms with Crippen molar-refractivity contribution < 1.29 is 42.4 Å². The number of nitriles is 1. The molecule has 0 saturated heterocycles. The van der Waals surface area contributed by atoms with Crippen LogP contribution in [-0.2, 0) is 33.0 Å². The molecule has 0 bridgehead atoms. The average molecular weight is 762 g/mol. The Labute approximate surface area is 311 Å². The molecule has 0 fully saturated rings. The number of ether oxygens (including phenoxy) is 2. The number of hydrogen-bond donors (Lipinski definition) is 2. The number of non-ortho nitro benzene ring substituents is 1. The van der Waals surface area contributed by atoms with E-state index in [0.717, 1.165) is 34.7 Å². The molecule has 2 heterocycles. The largest absolute Gasteiger partial charge is 0.460 e. The summed E-state index contributed by atoms with van der Waals surface area (Å²) in [4.78, 5) is 41.8. The molecule has 0 radical (unpaired) electrons. The van der Waals surface area contributed by atoms with Gasteiger partial charge in [-0.3, -0.25) is 19.8 Å². The lowest BCUT2D eigenvalue weighted by molar-refractivity contribution is -0.753. The van der Waals surface area contributed by atoms with Crippen molar-refractivity contribution in [1.29, 1.82) is 5.26 Å². The number of amides is 1. The Kier molecular flexibility index (Phi) is 12.1. The zero-order valence-corrected chi connectivity index (χ0v) is 30.3. The molecule has 15 nitrogen and oxygen atoms in total. The highest BCUT2D eigenvalue weighted by atomic mass is 32.1. The first-order chi connectivity index (χ1) is 25.7. The van der Waals surface area contributed by atoms with Crippen molar-refractivity contribution in [3.8, 4) is 17.3 Å². The van der Waals surface area contributed by atoms with Crippen molar-refractivity contribution in [2.75, 3.05) is 25.5 Å². The van der Waals surface area contributed by atoms with Crippen molar-refractivity contribution in [3.63, 3.8) is 0 Å². The zero-order valence-electron chi connectivity index (χ0n) is 29.5. The van der Waals surface area contributed by atoms with E-state index < -0.39 is 46.4 Å². The van der Waals surface area contributed by atoms with Crippen molar-refractivity contribution in [3.05, 3.63) is 122 Å². The van der Waals surface area contributed by atoms with Crippen LogP contribution in [-0.4, -0.2) is 57.5 Å². The molecule has 18 heteroatoms. The van der Waals surface area contributed by atoms with Crippen LogP contribution >= 0.6 is 11.3 Å². The second-order valence-corrected chi connectivity index (χ2v) is 13.1. The summed E-state index contributed by atoms with van der Waals surface area (Å²) in [6.45, 7) is 2.44. The molecular weight excluding hydrogens is 727 g/mol. The molecule has 5 rings (SSSR count). The Balaban J connectivity index is 1.37. The van der Waals surface area contributed by atoms with Gasteiger partial charge in [-0.2, -0.15) is 9.83 Å². The second kappa shape index (κ2) is 16.7. The van der Waals surface area contributed by atoms with Gasteiger partial charge in [0, 0.05) is 59.2 Å². The third kappa shape index (κ3) is 8.71. The average Bonchev–Trinajstić information content (AvgIpc) is 3.85. The summed E-state index contributed by atoms with van der Waals surface area (Å²) in [6, 6.07) is 15.4. The van der Waals surface area contributed by atoms with Gasteiger partial charge in [-0.1, -0.05) is 19.1 Å². The number of carbonyl (C=O) groups is 2. The summed E-state index contributed by atoms with van der Waals surface area (Å²) in [5.41, 5.74) is -0.580. The van der Waals surface area contributed by atoms with Crippen LogP contribution in [0.15, 0.2) is 78.7 Å². The zero-order chi connectivity index (χ0) is 39.2. The number of rotatable bonds is 14. The predicted molar refractivity (Wildman–Crippen MR) is 190 cm³/mol. The Morgan fingerprint density at radius 1 is 1.19 bits per heavy atom. The highest BCUT2D eigenvalue weighted by Crippen LogP contribution is 2.41. The Morgan fingerprint density at radius 2 is 1.93 bits per heavy atom. The minimum atomic E-state index is -2.09. The van der Waals surface area contributed by atoms with Crippen molar-refractivity contribution in [2.45, 2.75) is 44.7 Å². The first-order valence-electron chi connectivity index (χ1n) is 16.3. The van der Waals surface area contributed by atoms with Crippen LogP contribution in [0.4, 0.5) is 25.0 Å². The quantitative estimate of drug-likeness (QED) is 0.0663. The van der Waals surface area contributed by atoms with Gasteiger partial charge in [0.2, 0.25) is 12.6 Å². The van der Waals surface area contributed by atoms with E-state index in [-0.39, 0.29) is 36.6 Å². The number of aliphatic hydroxyl groups is 1. The molecule has 5 aromatic rings. The predicted octanol–water partition coefficient (Wildman–Crippen LogP) is 5.10. The maximum Gasteiger partial charge on any atom is 0.416 e. The normalized spacial score (nSPS) is 13.3. The maximum absolute atomic E-state index is 15.4. The molecule has 3 unspecified atom stereocenters. The second-order valence-electron chi connectivity index (χ2n) is 12.2. The molecule has 0 aliphatic rings. The summed E-state index contributed by atoms with van der Waals surface area (Å²) >= 11 is 1.22. The molecular formula is C36H35F2N8O7S+. The molecule has 3 aromatic carbocycles. The number of nitrogens with one attached hydrogen (secondary N) is 1. The number of benzene rings is 3. The van der Waals surface area contributed by atoms with Crippen LogP contribution in [0.1, 0.15) is 47.7 Å². The Bertz CT molecular complexity index is 2210. The maximum atomic E-state index is 15.4. The lowest BCUT2D eigenvalue weighted by Gasteiger charge is -2.32. The number of halogens is 2. The number of nitro benzene ring substituents is 1. The molecule has 3 atom stereocenters. The van der Waals surface area contributed by atoms with Gasteiger partial charge in [0.25, 0.3) is 12.0 Å². The number of likely N-dealkylation sites (N-methyl/N-ethyl adjacent to an activating group) is 1. The fraction of sp³-hybridized carbons (Fsp3) is 0.278. The summed E-state index contributed by atoms with van der Waals surface area (Å²) < 4.78 is 43.4. The number of nitro groups is 1. The van der Waals surface area contributed by atoms with Gasteiger partial charge < -0.3 is 19.9 Å². The highest BCUT2D eigenvalue weighted by Gasteiger charge is 2.43. The third-order valence-corrected chi connectivity index (χ3v) is 9.66.